The molecule has 0 aromatic rings. The lowest BCUT2D eigenvalue weighted by molar-refractivity contribution is 0.439. The first kappa shape index (κ1) is 16.0. The van der Waals surface area contributed by atoms with Gasteiger partial charge in [0.2, 0.25) is 0 Å². The summed E-state index contributed by atoms with van der Waals surface area (Å²) in [6.07, 6.45) is 10.3. The van der Waals surface area contributed by atoms with Crippen LogP contribution in [-0.4, -0.2) is 30.4 Å². The number of hydrogen-bond acceptors (Lipinski definition) is 3. The zero-order valence-corrected chi connectivity index (χ0v) is 10.5. The second-order valence-corrected chi connectivity index (χ2v) is 5.60. The molecule has 1 unspecified atom stereocenters. The van der Waals surface area contributed by atoms with Gasteiger partial charge in [-0.15, -0.1) is 6.58 Å². The second kappa shape index (κ2) is 6.68. The maximum atomic E-state index is 10.5. The van der Waals surface area contributed by atoms with Gasteiger partial charge in [0, 0.05) is 17.8 Å². The van der Waals surface area contributed by atoms with Crippen molar-refractivity contribution in [2.24, 2.45) is 10.4 Å². The Kier molecular flexibility index (Phi) is 6.30. The van der Waals surface area contributed by atoms with Gasteiger partial charge >= 0.3 is 0 Å². The van der Waals surface area contributed by atoms with E-state index >= 15 is 0 Å². The van der Waals surface area contributed by atoms with Crippen LogP contribution in [0.4, 0.5) is 0 Å². The molecule has 0 bridgehead atoms. The summed E-state index contributed by atoms with van der Waals surface area (Å²) in [6, 6.07) is 0. The van der Waals surface area contributed by atoms with Crippen LogP contribution in [0.2, 0.25) is 0 Å². The van der Waals surface area contributed by atoms with Gasteiger partial charge in [-0.05, 0) is 19.3 Å². The Morgan fingerprint density at radius 1 is 1.47 bits per heavy atom. The van der Waals surface area contributed by atoms with E-state index in [0.29, 0.717) is 6.42 Å². The molecule has 0 amide bonds. The molecular weight excluding hydrogens is 242 g/mol. The highest BCUT2D eigenvalue weighted by atomic mass is 32.2. The number of hydrogen-bond donors (Lipinski definition) is 1. The molecule has 17 heavy (non-hydrogen) atoms. The fourth-order valence-electron chi connectivity index (χ4n) is 1.72. The van der Waals surface area contributed by atoms with Gasteiger partial charge in [0.05, 0.1) is 5.75 Å². The highest BCUT2D eigenvalue weighted by molar-refractivity contribution is 7.85. The maximum Gasteiger partial charge on any atom is 0.264 e. The Morgan fingerprint density at radius 3 is 2.65 bits per heavy atom. The fourth-order valence-corrected chi connectivity index (χ4v) is 2.29. The standard InChI is InChI=1S/C11H17NO3S.H2O/c1-2-11(6-8-12-9-7-11)5-3-4-10-16(13,14)15;/h2,6,8-9H,1,3-5,7,10H2,(H,13,14,15);1H2. The van der Waals surface area contributed by atoms with Gasteiger partial charge in [0.1, 0.15) is 0 Å². The van der Waals surface area contributed by atoms with Crippen LogP contribution < -0.4 is 0 Å². The SMILES string of the molecule is C=CC1(CCCCS(=O)(=O)O)C=CN=CC1.O. The lowest BCUT2D eigenvalue weighted by Crippen LogP contribution is -2.17. The predicted octanol–water partition coefficient (Wildman–Crippen LogP) is 1.38. The summed E-state index contributed by atoms with van der Waals surface area (Å²) in [7, 11) is -3.82. The van der Waals surface area contributed by atoms with E-state index < -0.39 is 10.1 Å². The quantitative estimate of drug-likeness (QED) is 0.444. The van der Waals surface area contributed by atoms with Crippen molar-refractivity contribution in [1.82, 2.24) is 0 Å². The normalized spacial score (nSPS) is 23.1. The molecule has 0 saturated carbocycles. The molecule has 3 N–H and O–H groups in total. The van der Waals surface area contributed by atoms with E-state index in [1.807, 2.05) is 18.4 Å². The van der Waals surface area contributed by atoms with Crippen molar-refractivity contribution >= 4 is 16.3 Å². The third-order valence-electron chi connectivity index (χ3n) is 2.77. The molecule has 0 aliphatic carbocycles. The molecule has 1 heterocycles. The Bertz CT molecular complexity index is 400. The topological polar surface area (TPSA) is 98.2 Å². The van der Waals surface area contributed by atoms with Crippen LogP contribution in [0.15, 0.2) is 29.9 Å². The largest absolute Gasteiger partial charge is 0.412 e. The summed E-state index contributed by atoms with van der Waals surface area (Å²) in [6.45, 7) is 3.80. The van der Waals surface area contributed by atoms with Crippen LogP contribution in [0, 0.1) is 5.41 Å². The van der Waals surface area contributed by atoms with Crippen LogP contribution in [0.3, 0.4) is 0 Å². The first-order chi connectivity index (χ1) is 7.47. The van der Waals surface area contributed by atoms with Gasteiger partial charge in [0.15, 0.2) is 0 Å². The maximum absolute atomic E-state index is 10.5. The highest BCUT2D eigenvalue weighted by Crippen LogP contribution is 2.33. The molecule has 5 nitrogen and oxygen atoms in total. The zero-order valence-electron chi connectivity index (χ0n) is 9.67. The van der Waals surface area contributed by atoms with E-state index in [1.54, 1.807) is 6.20 Å². The van der Waals surface area contributed by atoms with Crippen LogP contribution >= 0.6 is 0 Å². The number of unbranched alkanes of at least 4 members (excludes halogenated alkanes) is 1. The number of aliphatic imine (C=N–C) groups is 1. The Morgan fingerprint density at radius 2 is 2.18 bits per heavy atom. The first-order valence-corrected chi connectivity index (χ1v) is 6.86. The molecule has 1 aliphatic rings. The first-order valence-electron chi connectivity index (χ1n) is 5.26. The molecule has 0 aromatic carbocycles. The molecular formula is C11H19NO4S. The van der Waals surface area contributed by atoms with Crippen molar-refractivity contribution in [3.05, 3.63) is 24.9 Å². The summed E-state index contributed by atoms with van der Waals surface area (Å²) in [5.41, 5.74) is -0.0963. The minimum Gasteiger partial charge on any atom is -0.412 e. The van der Waals surface area contributed by atoms with Crippen LogP contribution in [0.25, 0.3) is 0 Å². The van der Waals surface area contributed by atoms with Crippen molar-refractivity contribution < 1.29 is 18.4 Å². The van der Waals surface area contributed by atoms with Crippen LogP contribution in [0.5, 0.6) is 0 Å². The van der Waals surface area contributed by atoms with E-state index in [2.05, 4.69) is 11.6 Å². The number of allylic oxidation sites excluding steroid dienone is 2. The Hall–Kier alpha value is -0.980. The van der Waals surface area contributed by atoms with Gasteiger partial charge in [-0.1, -0.05) is 18.6 Å². The van der Waals surface area contributed by atoms with Gasteiger partial charge in [-0.25, -0.2) is 0 Å². The number of nitrogens with zero attached hydrogens (tertiary/aromatic N) is 1. The third-order valence-corrected chi connectivity index (χ3v) is 3.57. The van der Waals surface area contributed by atoms with E-state index in [-0.39, 0.29) is 16.6 Å². The molecule has 0 aromatic heterocycles. The van der Waals surface area contributed by atoms with Crippen LogP contribution in [-0.2, 0) is 10.1 Å². The molecule has 0 radical (unpaired) electrons. The lowest BCUT2D eigenvalue weighted by atomic mass is 9.79. The van der Waals surface area contributed by atoms with Crippen LogP contribution in [0.1, 0.15) is 25.7 Å². The molecule has 1 aliphatic heterocycles. The van der Waals surface area contributed by atoms with Gasteiger partial charge in [0.25, 0.3) is 10.1 Å². The van der Waals surface area contributed by atoms with Gasteiger partial charge < -0.3 is 5.48 Å². The van der Waals surface area contributed by atoms with E-state index in [9.17, 15) is 8.42 Å². The van der Waals surface area contributed by atoms with Crippen molar-refractivity contribution in [2.45, 2.75) is 25.7 Å². The predicted molar refractivity (Wildman–Crippen MR) is 68.8 cm³/mol. The van der Waals surface area contributed by atoms with E-state index in [0.717, 1.165) is 19.3 Å². The van der Waals surface area contributed by atoms with Gasteiger partial charge in [-0.2, -0.15) is 8.42 Å². The average Bonchev–Trinajstić information content (AvgIpc) is 2.25. The molecule has 1 rings (SSSR count). The summed E-state index contributed by atoms with van der Waals surface area (Å²) < 4.78 is 29.7. The summed E-state index contributed by atoms with van der Waals surface area (Å²) >= 11 is 0. The molecule has 6 heteroatoms. The van der Waals surface area contributed by atoms with E-state index in [1.165, 1.54) is 0 Å². The minimum atomic E-state index is -3.82. The summed E-state index contributed by atoms with van der Waals surface area (Å²) in [5, 5.41) is 0. The van der Waals surface area contributed by atoms with Crippen molar-refractivity contribution in [3.63, 3.8) is 0 Å². The average molecular weight is 261 g/mol. The lowest BCUT2D eigenvalue weighted by Gasteiger charge is -2.26. The summed E-state index contributed by atoms with van der Waals surface area (Å²) in [5.74, 6) is -0.169. The fraction of sp³-hybridized carbons (Fsp3) is 0.545. The van der Waals surface area contributed by atoms with Crippen molar-refractivity contribution in [3.8, 4) is 0 Å². The van der Waals surface area contributed by atoms with Crippen molar-refractivity contribution in [2.75, 3.05) is 5.75 Å². The van der Waals surface area contributed by atoms with Crippen molar-refractivity contribution in [1.29, 1.82) is 0 Å². The highest BCUT2D eigenvalue weighted by Gasteiger charge is 2.23. The Balaban J connectivity index is 0.00000256. The third kappa shape index (κ3) is 5.76. The van der Waals surface area contributed by atoms with Gasteiger partial charge in [-0.3, -0.25) is 9.55 Å². The molecule has 1 atom stereocenters. The number of rotatable bonds is 6. The second-order valence-electron chi connectivity index (χ2n) is 4.03. The molecule has 0 fully saturated rings. The molecule has 98 valence electrons. The smallest absolute Gasteiger partial charge is 0.264 e. The molecule has 0 saturated heterocycles. The zero-order chi connectivity index (χ0) is 12.1. The minimum absolute atomic E-state index is 0. The van der Waals surface area contributed by atoms with E-state index in [4.69, 9.17) is 4.55 Å². The monoisotopic (exact) mass is 261 g/mol. The molecule has 0 spiro atoms. The Labute approximate surface area is 102 Å². The summed E-state index contributed by atoms with van der Waals surface area (Å²) in [4.78, 5) is 4.00.